The number of aliphatic carboxylic acids is 1. The van der Waals surface area contributed by atoms with Crippen molar-refractivity contribution in [3.05, 3.63) is 12.2 Å². The van der Waals surface area contributed by atoms with Crippen molar-refractivity contribution >= 4 is 17.7 Å². The minimum absolute atomic E-state index is 0.270. The zero-order valence-electron chi connectivity index (χ0n) is 18.7. The molecule has 0 aromatic rings. The zero-order chi connectivity index (χ0) is 21.7. The summed E-state index contributed by atoms with van der Waals surface area (Å²) >= 11 is 0. The number of ketones is 1. The van der Waals surface area contributed by atoms with Crippen LogP contribution in [0.15, 0.2) is 12.2 Å². The summed E-state index contributed by atoms with van der Waals surface area (Å²) in [4.78, 5) is 34.7. The molecule has 0 aliphatic rings. The summed E-state index contributed by atoms with van der Waals surface area (Å²) in [6, 6.07) is -0.399. The molecule has 0 fully saturated rings. The van der Waals surface area contributed by atoms with Crippen molar-refractivity contribution in [1.82, 2.24) is 5.32 Å². The Kier molecular flexibility index (Phi) is 18.5. The van der Waals surface area contributed by atoms with Gasteiger partial charge in [0.15, 0.2) is 0 Å². The van der Waals surface area contributed by atoms with Crippen molar-refractivity contribution in [1.29, 1.82) is 0 Å². The van der Waals surface area contributed by atoms with Crippen LogP contribution in [-0.2, 0) is 14.4 Å². The highest BCUT2D eigenvalue weighted by Crippen LogP contribution is 2.12. The number of amides is 1. The number of carbonyl (C=O) groups excluding carboxylic acids is 2. The summed E-state index contributed by atoms with van der Waals surface area (Å²) in [6.07, 6.45) is 19.9. The molecule has 0 spiro atoms. The molecule has 0 saturated heterocycles. The highest BCUT2D eigenvalue weighted by atomic mass is 16.4. The number of hydrogen-bond acceptors (Lipinski definition) is 3. The normalized spacial score (nSPS) is 12.2. The molecule has 0 bridgehead atoms. The summed E-state index contributed by atoms with van der Waals surface area (Å²) in [5.74, 6) is -2.05. The monoisotopic (exact) mass is 409 g/mol. The fourth-order valence-corrected chi connectivity index (χ4v) is 3.33. The molecule has 2 N–H and O–H groups in total. The number of hydrogen-bond donors (Lipinski definition) is 2. The van der Waals surface area contributed by atoms with Gasteiger partial charge in [0.25, 0.3) is 5.91 Å². The SMILES string of the molecule is CCCCCCCCCCCCCCC(=O)C(=O)N[C@H](/C=C/C(=O)O)CCCC. The topological polar surface area (TPSA) is 83.5 Å². The van der Waals surface area contributed by atoms with E-state index in [0.717, 1.165) is 38.2 Å². The fourth-order valence-electron chi connectivity index (χ4n) is 3.33. The Morgan fingerprint density at radius 2 is 1.24 bits per heavy atom. The molecular formula is C24H43NO4. The van der Waals surface area contributed by atoms with Crippen LogP contribution in [0.4, 0.5) is 0 Å². The maximum absolute atomic E-state index is 12.1. The van der Waals surface area contributed by atoms with Crippen LogP contribution in [0.1, 0.15) is 117 Å². The number of Topliss-reactive ketones (excluding diaryl/α,β-unsaturated/α-hetero) is 1. The van der Waals surface area contributed by atoms with Gasteiger partial charge in [-0.25, -0.2) is 4.79 Å². The second-order valence-corrected chi connectivity index (χ2v) is 7.98. The van der Waals surface area contributed by atoms with E-state index < -0.39 is 23.7 Å². The van der Waals surface area contributed by atoms with Crippen LogP contribution < -0.4 is 5.32 Å². The number of carboxylic acid groups (broad SMARTS) is 1. The van der Waals surface area contributed by atoms with Gasteiger partial charge >= 0.3 is 5.97 Å². The van der Waals surface area contributed by atoms with E-state index in [1.807, 2.05) is 6.92 Å². The number of carbonyl (C=O) groups is 3. The molecule has 5 heteroatoms. The summed E-state index contributed by atoms with van der Waals surface area (Å²) in [7, 11) is 0. The lowest BCUT2D eigenvalue weighted by atomic mass is 10.0. The van der Waals surface area contributed by atoms with Crippen molar-refractivity contribution < 1.29 is 19.5 Å². The second-order valence-electron chi connectivity index (χ2n) is 7.98. The van der Waals surface area contributed by atoms with Gasteiger partial charge < -0.3 is 10.4 Å². The van der Waals surface area contributed by atoms with E-state index in [9.17, 15) is 14.4 Å². The van der Waals surface area contributed by atoms with Crippen molar-refractivity contribution in [2.24, 2.45) is 0 Å². The molecule has 0 aromatic carbocycles. The predicted octanol–water partition coefficient (Wildman–Crippen LogP) is 5.96. The maximum Gasteiger partial charge on any atom is 0.328 e. The number of rotatable bonds is 20. The highest BCUT2D eigenvalue weighted by Gasteiger charge is 2.16. The molecule has 1 amide bonds. The molecule has 0 aliphatic carbocycles. The van der Waals surface area contributed by atoms with E-state index in [2.05, 4.69) is 12.2 Å². The van der Waals surface area contributed by atoms with E-state index in [4.69, 9.17) is 5.11 Å². The minimum Gasteiger partial charge on any atom is -0.478 e. The standard InChI is InChI=1S/C24H43NO4/c1-3-5-7-8-9-10-11-12-13-14-15-16-18-22(26)24(29)25-21(17-6-4-2)19-20-23(27)28/h19-21H,3-18H2,1-2H3,(H,25,29)(H,27,28)/b20-19+/t21-/m0/s1. The van der Waals surface area contributed by atoms with Crippen LogP contribution in [0.25, 0.3) is 0 Å². The summed E-state index contributed by atoms with van der Waals surface area (Å²) < 4.78 is 0. The average molecular weight is 410 g/mol. The molecule has 0 aliphatic heterocycles. The molecule has 0 rings (SSSR count). The van der Waals surface area contributed by atoms with E-state index >= 15 is 0 Å². The van der Waals surface area contributed by atoms with Crippen LogP contribution in [0.2, 0.25) is 0 Å². The quantitative estimate of drug-likeness (QED) is 0.148. The van der Waals surface area contributed by atoms with Crippen molar-refractivity contribution in [2.45, 2.75) is 123 Å². The van der Waals surface area contributed by atoms with E-state index in [1.165, 1.54) is 63.9 Å². The predicted molar refractivity (Wildman–Crippen MR) is 119 cm³/mol. The third-order valence-corrected chi connectivity index (χ3v) is 5.17. The van der Waals surface area contributed by atoms with Gasteiger partial charge in [-0.2, -0.15) is 0 Å². The largest absolute Gasteiger partial charge is 0.478 e. The molecule has 0 saturated carbocycles. The van der Waals surface area contributed by atoms with Crippen molar-refractivity contribution in [3.63, 3.8) is 0 Å². The Hall–Kier alpha value is -1.65. The average Bonchev–Trinajstić information content (AvgIpc) is 2.70. The van der Waals surface area contributed by atoms with Crippen LogP contribution >= 0.6 is 0 Å². The van der Waals surface area contributed by atoms with Crippen LogP contribution in [0, 0.1) is 0 Å². The van der Waals surface area contributed by atoms with Gasteiger partial charge in [-0.1, -0.05) is 103 Å². The van der Waals surface area contributed by atoms with Crippen LogP contribution in [0.5, 0.6) is 0 Å². The van der Waals surface area contributed by atoms with Crippen LogP contribution in [0.3, 0.4) is 0 Å². The van der Waals surface area contributed by atoms with E-state index in [1.54, 1.807) is 0 Å². The van der Waals surface area contributed by atoms with Gasteiger partial charge in [-0.15, -0.1) is 0 Å². The van der Waals surface area contributed by atoms with Gasteiger partial charge in [0.05, 0.1) is 0 Å². The number of carboxylic acids is 1. The lowest BCUT2D eigenvalue weighted by Crippen LogP contribution is -2.38. The minimum atomic E-state index is -1.05. The molecule has 29 heavy (non-hydrogen) atoms. The summed E-state index contributed by atoms with van der Waals surface area (Å²) in [5, 5.41) is 11.4. The maximum atomic E-state index is 12.1. The lowest BCUT2D eigenvalue weighted by Gasteiger charge is -2.14. The zero-order valence-corrected chi connectivity index (χ0v) is 18.7. The van der Waals surface area contributed by atoms with Crippen LogP contribution in [-0.4, -0.2) is 28.8 Å². The van der Waals surface area contributed by atoms with Gasteiger partial charge in [0.1, 0.15) is 0 Å². The van der Waals surface area contributed by atoms with Gasteiger partial charge in [-0.3, -0.25) is 9.59 Å². The Bertz CT molecular complexity index is 474. The van der Waals surface area contributed by atoms with Gasteiger partial charge in [0.2, 0.25) is 5.78 Å². The Balaban J connectivity index is 3.81. The lowest BCUT2D eigenvalue weighted by molar-refractivity contribution is -0.138. The molecule has 1 atom stereocenters. The van der Waals surface area contributed by atoms with Gasteiger partial charge in [-0.05, 0) is 12.8 Å². The Labute approximate surface area is 177 Å². The third kappa shape index (κ3) is 18.1. The molecule has 0 aromatic heterocycles. The molecule has 5 nitrogen and oxygen atoms in total. The number of unbranched alkanes of at least 4 members (excludes halogenated alkanes) is 12. The fraction of sp³-hybridized carbons (Fsp3) is 0.792. The van der Waals surface area contributed by atoms with Gasteiger partial charge in [0, 0.05) is 18.5 Å². The highest BCUT2D eigenvalue weighted by molar-refractivity contribution is 6.36. The molecule has 168 valence electrons. The summed E-state index contributed by atoms with van der Waals surface area (Å²) in [6.45, 7) is 4.27. The molecule has 0 unspecified atom stereocenters. The third-order valence-electron chi connectivity index (χ3n) is 5.17. The molecular weight excluding hydrogens is 366 g/mol. The number of nitrogens with one attached hydrogen (secondary N) is 1. The first-order valence-corrected chi connectivity index (χ1v) is 11.8. The molecule has 0 radical (unpaired) electrons. The van der Waals surface area contributed by atoms with Crippen molar-refractivity contribution in [2.75, 3.05) is 0 Å². The first-order valence-electron chi connectivity index (χ1n) is 11.8. The summed E-state index contributed by atoms with van der Waals surface area (Å²) in [5.41, 5.74) is 0. The van der Waals surface area contributed by atoms with E-state index in [0.29, 0.717) is 6.42 Å². The smallest absolute Gasteiger partial charge is 0.328 e. The molecule has 0 heterocycles. The second kappa shape index (κ2) is 19.7. The van der Waals surface area contributed by atoms with Crippen molar-refractivity contribution in [3.8, 4) is 0 Å². The first kappa shape index (κ1) is 27.4. The Morgan fingerprint density at radius 3 is 1.72 bits per heavy atom. The first-order chi connectivity index (χ1) is 14.0. The Morgan fingerprint density at radius 1 is 0.759 bits per heavy atom. The van der Waals surface area contributed by atoms with E-state index in [-0.39, 0.29) is 6.42 Å².